The topological polar surface area (TPSA) is 143 Å². The van der Waals surface area contributed by atoms with Gasteiger partial charge in [-0.2, -0.15) is 5.10 Å². The summed E-state index contributed by atoms with van der Waals surface area (Å²) in [5.74, 6) is -1.55. The summed E-state index contributed by atoms with van der Waals surface area (Å²) in [5, 5.41) is 14.8. The largest absolute Gasteiger partial charge is 0.465 e. The first kappa shape index (κ1) is 20.8. The fourth-order valence-corrected chi connectivity index (χ4v) is 2.98. The van der Waals surface area contributed by atoms with Crippen LogP contribution in [-0.2, 0) is 33.9 Å². The van der Waals surface area contributed by atoms with Crippen molar-refractivity contribution in [2.45, 2.75) is 19.7 Å². The molecule has 0 spiro atoms. The molecule has 3 rings (SSSR count). The molecular formula is C18H18N4O8. The molecule has 30 heavy (non-hydrogen) atoms. The summed E-state index contributed by atoms with van der Waals surface area (Å²) in [4.78, 5) is 48.1. The Labute approximate surface area is 170 Å². The minimum atomic E-state index is -0.787. The maximum Gasteiger partial charge on any atom is 0.410 e. The molecule has 1 aliphatic rings. The van der Waals surface area contributed by atoms with Crippen LogP contribution in [0.5, 0.6) is 0 Å². The van der Waals surface area contributed by atoms with Gasteiger partial charge < -0.3 is 19.1 Å². The number of nitro benzene ring substituents is 1. The van der Waals surface area contributed by atoms with Crippen molar-refractivity contribution in [2.24, 2.45) is 0 Å². The Hall–Kier alpha value is -3.96. The maximum absolute atomic E-state index is 12.5. The summed E-state index contributed by atoms with van der Waals surface area (Å²) in [7, 11) is 2.34. The number of ether oxygens (including phenoxy) is 3. The van der Waals surface area contributed by atoms with Gasteiger partial charge in [0.15, 0.2) is 5.69 Å². The molecule has 12 nitrogen and oxygen atoms in total. The Balaban J connectivity index is 1.72. The quantitative estimate of drug-likeness (QED) is 0.305. The summed E-state index contributed by atoms with van der Waals surface area (Å²) in [5.41, 5.74) is 0.615. The monoisotopic (exact) mass is 418 g/mol. The Morgan fingerprint density at radius 2 is 1.77 bits per heavy atom. The van der Waals surface area contributed by atoms with Gasteiger partial charge in [-0.25, -0.2) is 14.4 Å². The van der Waals surface area contributed by atoms with E-state index in [2.05, 4.69) is 9.84 Å². The minimum absolute atomic E-state index is 0.0203. The number of esters is 2. The second kappa shape index (κ2) is 8.59. The van der Waals surface area contributed by atoms with Gasteiger partial charge in [0.1, 0.15) is 12.2 Å². The first-order chi connectivity index (χ1) is 14.3. The van der Waals surface area contributed by atoms with E-state index in [1.807, 2.05) is 0 Å². The van der Waals surface area contributed by atoms with Crippen molar-refractivity contribution in [3.8, 4) is 0 Å². The van der Waals surface area contributed by atoms with Crippen LogP contribution in [0.3, 0.4) is 0 Å². The zero-order chi connectivity index (χ0) is 21.8. The molecule has 0 atom stereocenters. The van der Waals surface area contributed by atoms with Gasteiger partial charge in [-0.15, -0.1) is 0 Å². The molecule has 0 radical (unpaired) electrons. The number of non-ortho nitro benzene ring substituents is 1. The number of carbonyl (C=O) groups is 3. The fourth-order valence-electron chi connectivity index (χ4n) is 2.98. The van der Waals surface area contributed by atoms with E-state index in [0.717, 1.165) is 0 Å². The van der Waals surface area contributed by atoms with Crippen molar-refractivity contribution in [2.75, 3.05) is 20.8 Å². The second-order valence-electron chi connectivity index (χ2n) is 6.28. The van der Waals surface area contributed by atoms with E-state index < -0.39 is 23.0 Å². The molecule has 1 aliphatic heterocycles. The molecule has 0 fully saturated rings. The molecule has 158 valence electrons. The molecule has 0 saturated carbocycles. The van der Waals surface area contributed by atoms with Crippen LogP contribution >= 0.6 is 0 Å². The zero-order valence-corrected chi connectivity index (χ0v) is 16.2. The van der Waals surface area contributed by atoms with E-state index in [9.17, 15) is 24.5 Å². The Bertz CT molecular complexity index is 998. The number of nitrogens with zero attached hydrogens (tertiary/aromatic N) is 4. The van der Waals surface area contributed by atoms with Crippen LogP contribution in [-0.4, -0.2) is 58.4 Å². The Morgan fingerprint density at radius 1 is 1.10 bits per heavy atom. The van der Waals surface area contributed by atoms with Gasteiger partial charge >= 0.3 is 18.0 Å². The molecule has 2 heterocycles. The van der Waals surface area contributed by atoms with Crippen LogP contribution in [0.4, 0.5) is 10.5 Å². The highest BCUT2D eigenvalue weighted by Gasteiger charge is 2.33. The number of carbonyl (C=O) groups excluding carboxylic acids is 3. The van der Waals surface area contributed by atoms with Gasteiger partial charge in [-0.1, -0.05) is 0 Å². The lowest BCUT2D eigenvalue weighted by molar-refractivity contribution is -0.384. The molecule has 1 aromatic heterocycles. The third-order valence-corrected chi connectivity index (χ3v) is 4.52. The summed E-state index contributed by atoms with van der Waals surface area (Å²) < 4.78 is 16.1. The van der Waals surface area contributed by atoms with Gasteiger partial charge in [-0.3, -0.25) is 14.8 Å². The zero-order valence-electron chi connectivity index (χ0n) is 16.2. The summed E-state index contributed by atoms with van der Waals surface area (Å²) >= 11 is 0. The van der Waals surface area contributed by atoms with Crippen LogP contribution in [0.2, 0.25) is 0 Å². The van der Waals surface area contributed by atoms with E-state index >= 15 is 0 Å². The first-order valence-corrected chi connectivity index (χ1v) is 8.77. The fraction of sp³-hybridized carbons (Fsp3) is 0.333. The third-order valence-electron chi connectivity index (χ3n) is 4.52. The van der Waals surface area contributed by atoms with Gasteiger partial charge in [0.2, 0.25) is 0 Å². The number of hydrogen-bond donors (Lipinski definition) is 0. The third kappa shape index (κ3) is 4.06. The van der Waals surface area contributed by atoms with Gasteiger partial charge in [0.25, 0.3) is 5.69 Å². The molecular weight excluding hydrogens is 400 g/mol. The highest BCUT2D eigenvalue weighted by atomic mass is 16.6. The summed E-state index contributed by atoms with van der Waals surface area (Å²) in [6.45, 7) is 0.384. The highest BCUT2D eigenvalue weighted by Crippen LogP contribution is 2.23. The molecule has 1 aromatic carbocycles. The number of aromatic nitrogens is 2. The molecule has 0 saturated heterocycles. The normalized spacial score (nSPS) is 12.7. The van der Waals surface area contributed by atoms with Gasteiger partial charge in [0.05, 0.1) is 37.9 Å². The van der Waals surface area contributed by atoms with E-state index in [0.29, 0.717) is 11.3 Å². The number of fused-ring (bicyclic) bond motifs is 1. The average Bonchev–Trinajstić information content (AvgIpc) is 3.15. The van der Waals surface area contributed by atoms with Crippen molar-refractivity contribution < 1.29 is 33.5 Å². The lowest BCUT2D eigenvalue weighted by Crippen LogP contribution is -2.39. The average molecular weight is 418 g/mol. The molecule has 2 aromatic rings. The molecule has 0 aliphatic carbocycles. The highest BCUT2D eigenvalue weighted by molar-refractivity contribution is 6.02. The van der Waals surface area contributed by atoms with Crippen LogP contribution in [0, 0.1) is 10.1 Å². The van der Waals surface area contributed by atoms with E-state index in [1.54, 1.807) is 0 Å². The lowest BCUT2D eigenvalue weighted by atomic mass is 10.1. The number of rotatable bonds is 5. The van der Waals surface area contributed by atoms with Crippen molar-refractivity contribution >= 4 is 23.7 Å². The molecule has 1 amide bonds. The standard InChI is InChI=1S/C18H18N4O8/c1-28-16(23)14-13-9-20(7-8-21(13)19-15(14)17(24)29-2)18(25)30-10-11-3-5-12(6-4-11)22(26)27/h3-6H,7-10H2,1-2H3. The minimum Gasteiger partial charge on any atom is -0.465 e. The first-order valence-electron chi connectivity index (χ1n) is 8.77. The predicted octanol–water partition coefficient (Wildman–Crippen LogP) is 1.52. The maximum atomic E-state index is 12.5. The smallest absolute Gasteiger partial charge is 0.410 e. The number of methoxy groups -OCH3 is 2. The number of hydrogen-bond acceptors (Lipinski definition) is 9. The molecule has 12 heteroatoms. The van der Waals surface area contributed by atoms with Gasteiger partial charge in [0, 0.05) is 18.7 Å². The Morgan fingerprint density at radius 3 is 2.37 bits per heavy atom. The number of nitro groups is 1. The Kier molecular flexibility index (Phi) is 5.95. The van der Waals surface area contributed by atoms with E-state index in [1.165, 1.54) is 48.1 Å². The van der Waals surface area contributed by atoms with Crippen LogP contribution in [0.1, 0.15) is 32.1 Å². The van der Waals surface area contributed by atoms with Crippen LogP contribution in [0.25, 0.3) is 0 Å². The summed E-state index contributed by atoms with van der Waals surface area (Å²) in [6.07, 6.45) is -0.642. The number of amides is 1. The van der Waals surface area contributed by atoms with E-state index in [-0.39, 0.29) is 43.2 Å². The molecule has 0 N–H and O–H groups in total. The van der Waals surface area contributed by atoms with E-state index in [4.69, 9.17) is 9.47 Å². The van der Waals surface area contributed by atoms with Crippen LogP contribution in [0.15, 0.2) is 24.3 Å². The van der Waals surface area contributed by atoms with Crippen molar-refractivity contribution in [1.29, 1.82) is 0 Å². The molecule has 0 unspecified atom stereocenters. The van der Waals surface area contributed by atoms with Crippen molar-refractivity contribution in [1.82, 2.24) is 14.7 Å². The van der Waals surface area contributed by atoms with Crippen molar-refractivity contribution in [3.63, 3.8) is 0 Å². The molecule has 0 bridgehead atoms. The number of benzene rings is 1. The SMILES string of the molecule is COC(=O)c1nn2c(c1C(=O)OC)CN(C(=O)OCc1ccc([N+](=O)[O-])cc1)CC2. The van der Waals surface area contributed by atoms with Crippen LogP contribution < -0.4 is 0 Å². The second-order valence-corrected chi connectivity index (χ2v) is 6.28. The lowest BCUT2D eigenvalue weighted by Gasteiger charge is -2.27. The predicted molar refractivity (Wildman–Crippen MR) is 98.6 cm³/mol. The van der Waals surface area contributed by atoms with Gasteiger partial charge in [-0.05, 0) is 17.7 Å². The van der Waals surface area contributed by atoms with Crippen molar-refractivity contribution in [3.05, 3.63) is 56.9 Å². The summed E-state index contributed by atoms with van der Waals surface area (Å²) in [6, 6.07) is 5.63.